The normalized spacial score (nSPS) is 10.8. The molecule has 0 bridgehead atoms. The number of thiocarbonyl (C=S) groups is 1. The van der Waals surface area contributed by atoms with Gasteiger partial charge in [-0.3, -0.25) is 0 Å². The maximum Gasteiger partial charge on any atom is 0.136 e. The minimum atomic E-state index is 0.412. The number of hydrogen-bond donors (Lipinski definition) is 2. The van der Waals surface area contributed by atoms with E-state index in [0.717, 1.165) is 41.5 Å². The molecule has 0 saturated carbocycles. The van der Waals surface area contributed by atoms with Crippen molar-refractivity contribution in [3.8, 4) is 0 Å². The smallest absolute Gasteiger partial charge is 0.136 e. The Bertz CT molecular complexity index is 441. The number of aromatic nitrogens is 1. The Balaban J connectivity index is 2.64. The predicted octanol–water partition coefficient (Wildman–Crippen LogP) is 3.57. The number of pyridine rings is 1. The number of aryl methyl sites for hydroxylation is 2. The molecule has 19 heavy (non-hydrogen) atoms. The van der Waals surface area contributed by atoms with Gasteiger partial charge in [-0.25, -0.2) is 4.98 Å². The third kappa shape index (κ3) is 5.15. The van der Waals surface area contributed by atoms with Gasteiger partial charge in [-0.15, -0.1) is 0 Å². The summed E-state index contributed by atoms with van der Waals surface area (Å²) in [6.07, 6.45) is 3.64. The van der Waals surface area contributed by atoms with Crippen LogP contribution in [0.15, 0.2) is 6.07 Å². The minimum Gasteiger partial charge on any atom is -0.389 e. The van der Waals surface area contributed by atoms with E-state index in [1.165, 1.54) is 12.8 Å². The molecule has 1 rings (SSSR count). The van der Waals surface area contributed by atoms with E-state index in [2.05, 4.69) is 24.1 Å². The average Bonchev–Trinajstić information content (AvgIpc) is 2.26. The van der Waals surface area contributed by atoms with E-state index in [4.69, 9.17) is 18.0 Å². The Morgan fingerprint density at radius 2 is 2.05 bits per heavy atom. The van der Waals surface area contributed by atoms with Crippen molar-refractivity contribution in [3.63, 3.8) is 0 Å². The van der Waals surface area contributed by atoms with Gasteiger partial charge in [-0.1, -0.05) is 38.9 Å². The lowest BCUT2D eigenvalue weighted by atomic mass is 10.1. The quantitative estimate of drug-likeness (QED) is 0.592. The number of nitrogens with zero attached hydrogens (tertiary/aromatic N) is 1. The summed E-state index contributed by atoms with van der Waals surface area (Å²) in [5.41, 5.74) is 8.74. The van der Waals surface area contributed by atoms with Gasteiger partial charge in [0.05, 0.1) is 5.56 Å². The summed E-state index contributed by atoms with van der Waals surface area (Å²) in [6.45, 7) is 9.43. The zero-order chi connectivity index (χ0) is 14.4. The maximum absolute atomic E-state index is 5.79. The zero-order valence-electron chi connectivity index (χ0n) is 12.4. The highest BCUT2D eigenvalue weighted by Crippen LogP contribution is 2.19. The van der Waals surface area contributed by atoms with E-state index in [-0.39, 0.29) is 0 Å². The van der Waals surface area contributed by atoms with Crippen molar-refractivity contribution < 1.29 is 0 Å². The largest absolute Gasteiger partial charge is 0.389 e. The Morgan fingerprint density at radius 3 is 2.63 bits per heavy atom. The third-order valence-corrected chi connectivity index (χ3v) is 3.30. The standard InChI is InChI=1S/C15H25N3S/c1-10(2)7-5-6-8-17-15-13(14(16)19)11(3)9-12(4)18-15/h9-10H,5-8H2,1-4H3,(H2,16,19)(H,17,18). The lowest BCUT2D eigenvalue weighted by molar-refractivity contribution is 0.544. The van der Waals surface area contributed by atoms with Crippen molar-refractivity contribution >= 4 is 23.0 Å². The van der Waals surface area contributed by atoms with Crippen LogP contribution in [-0.4, -0.2) is 16.5 Å². The molecule has 0 radical (unpaired) electrons. The van der Waals surface area contributed by atoms with Crippen molar-refractivity contribution in [1.82, 2.24) is 4.98 Å². The van der Waals surface area contributed by atoms with Gasteiger partial charge in [0, 0.05) is 12.2 Å². The molecule has 0 aliphatic carbocycles. The van der Waals surface area contributed by atoms with E-state index in [1.54, 1.807) is 0 Å². The first-order valence-corrected chi connectivity index (χ1v) is 7.34. The monoisotopic (exact) mass is 279 g/mol. The van der Waals surface area contributed by atoms with Crippen LogP contribution in [0.1, 0.15) is 49.9 Å². The van der Waals surface area contributed by atoms with Crippen molar-refractivity contribution in [2.45, 2.75) is 47.0 Å². The first-order valence-electron chi connectivity index (χ1n) is 6.93. The number of rotatable bonds is 7. The summed E-state index contributed by atoms with van der Waals surface area (Å²) in [7, 11) is 0. The van der Waals surface area contributed by atoms with Crippen LogP contribution in [0.2, 0.25) is 0 Å². The summed E-state index contributed by atoms with van der Waals surface area (Å²) < 4.78 is 0. The summed E-state index contributed by atoms with van der Waals surface area (Å²) in [4.78, 5) is 4.92. The van der Waals surface area contributed by atoms with Gasteiger partial charge < -0.3 is 11.1 Å². The van der Waals surface area contributed by atoms with E-state index in [9.17, 15) is 0 Å². The molecule has 3 nitrogen and oxygen atoms in total. The number of unbranched alkanes of at least 4 members (excludes halogenated alkanes) is 1. The van der Waals surface area contributed by atoms with Gasteiger partial charge in [-0.05, 0) is 37.8 Å². The molecule has 4 heteroatoms. The fraction of sp³-hybridized carbons (Fsp3) is 0.600. The van der Waals surface area contributed by atoms with E-state index in [1.807, 2.05) is 19.9 Å². The van der Waals surface area contributed by atoms with Crippen molar-refractivity contribution in [2.24, 2.45) is 11.7 Å². The summed E-state index contributed by atoms with van der Waals surface area (Å²) >= 11 is 5.11. The molecule has 0 atom stereocenters. The first kappa shape index (κ1) is 15.9. The SMILES string of the molecule is Cc1cc(C)c(C(N)=S)c(NCCCCC(C)C)n1. The van der Waals surface area contributed by atoms with Crippen LogP contribution in [0.3, 0.4) is 0 Å². The second-order valence-electron chi connectivity index (χ2n) is 5.48. The first-order chi connectivity index (χ1) is 8.91. The van der Waals surface area contributed by atoms with Crippen LogP contribution in [-0.2, 0) is 0 Å². The molecule has 3 N–H and O–H groups in total. The Morgan fingerprint density at radius 1 is 1.37 bits per heavy atom. The van der Waals surface area contributed by atoms with Crippen molar-refractivity contribution in [1.29, 1.82) is 0 Å². The fourth-order valence-electron chi connectivity index (χ4n) is 2.16. The maximum atomic E-state index is 5.79. The molecule has 1 aromatic heterocycles. The van der Waals surface area contributed by atoms with Gasteiger partial charge in [0.2, 0.25) is 0 Å². The van der Waals surface area contributed by atoms with Gasteiger partial charge in [0.25, 0.3) is 0 Å². The highest BCUT2D eigenvalue weighted by Gasteiger charge is 2.10. The van der Waals surface area contributed by atoms with E-state index in [0.29, 0.717) is 4.99 Å². The number of nitrogens with two attached hydrogens (primary N) is 1. The Labute approximate surface area is 122 Å². The minimum absolute atomic E-state index is 0.412. The second kappa shape index (κ2) is 7.43. The van der Waals surface area contributed by atoms with Crippen LogP contribution < -0.4 is 11.1 Å². The zero-order valence-corrected chi connectivity index (χ0v) is 13.2. The summed E-state index contributed by atoms with van der Waals surface area (Å²) in [6, 6.07) is 2.01. The molecule has 0 fully saturated rings. The molecule has 0 saturated heterocycles. The van der Waals surface area contributed by atoms with Crippen LogP contribution in [0.25, 0.3) is 0 Å². The van der Waals surface area contributed by atoms with Gasteiger partial charge in [0.1, 0.15) is 10.8 Å². The molecular formula is C15H25N3S. The van der Waals surface area contributed by atoms with Crippen LogP contribution in [0.4, 0.5) is 5.82 Å². The molecule has 0 aromatic carbocycles. The summed E-state index contributed by atoms with van der Waals surface area (Å²) in [5.74, 6) is 1.60. The Hall–Kier alpha value is -1.16. The molecule has 0 unspecified atom stereocenters. The fourth-order valence-corrected chi connectivity index (χ4v) is 2.42. The molecule has 0 spiro atoms. The highest BCUT2D eigenvalue weighted by molar-refractivity contribution is 7.80. The van der Waals surface area contributed by atoms with E-state index >= 15 is 0 Å². The molecule has 0 aliphatic rings. The van der Waals surface area contributed by atoms with E-state index < -0.39 is 0 Å². The topological polar surface area (TPSA) is 50.9 Å². The second-order valence-corrected chi connectivity index (χ2v) is 5.92. The predicted molar refractivity (Wildman–Crippen MR) is 86.8 cm³/mol. The number of anilines is 1. The van der Waals surface area contributed by atoms with Gasteiger partial charge >= 0.3 is 0 Å². The molecule has 0 aliphatic heterocycles. The summed E-state index contributed by atoms with van der Waals surface area (Å²) in [5, 5.41) is 3.37. The molecule has 0 amide bonds. The third-order valence-electron chi connectivity index (χ3n) is 3.09. The van der Waals surface area contributed by atoms with Crippen LogP contribution >= 0.6 is 12.2 Å². The van der Waals surface area contributed by atoms with Crippen LogP contribution in [0, 0.1) is 19.8 Å². The molecule has 1 heterocycles. The van der Waals surface area contributed by atoms with Gasteiger partial charge in [0.15, 0.2) is 0 Å². The van der Waals surface area contributed by atoms with Gasteiger partial charge in [-0.2, -0.15) is 0 Å². The van der Waals surface area contributed by atoms with Crippen molar-refractivity contribution in [2.75, 3.05) is 11.9 Å². The molecular weight excluding hydrogens is 254 g/mol. The molecule has 1 aromatic rings. The highest BCUT2D eigenvalue weighted by atomic mass is 32.1. The van der Waals surface area contributed by atoms with Crippen molar-refractivity contribution in [3.05, 3.63) is 22.9 Å². The van der Waals surface area contributed by atoms with Crippen LogP contribution in [0.5, 0.6) is 0 Å². The lowest BCUT2D eigenvalue weighted by Crippen LogP contribution is -2.17. The lowest BCUT2D eigenvalue weighted by Gasteiger charge is -2.14. The number of nitrogens with one attached hydrogen (secondary N) is 1. The number of hydrogen-bond acceptors (Lipinski definition) is 3. The Kier molecular flexibility index (Phi) is 6.22. The molecule has 106 valence electrons. The average molecular weight is 279 g/mol.